The van der Waals surface area contributed by atoms with E-state index >= 15 is 0 Å². The maximum Gasteiger partial charge on any atom is 0.0471 e. The molecular weight excluding hydrogens is 174 g/mol. The molecule has 1 aliphatic heterocycles. The number of hydrogen-bond donors (Lipinski definition) is 1. The molecule has 1 atom stereocenters. The van der Waals surface area contributed by atoms with E-state index in [0.29, 0.717) is 23.4 Å². The minimum absolute atomic E-state index is 0.365. The lowest BCUT2D eigenvalue weighted by Crippen LogP contribution is -2.28. The van der Waals surface area contributed by atoms with E-state index < -0.39 is 0 Å². The average Bonchev–Trinajstić information content (AvgIpc) is 2.51. The highest BCUT2D eigenvalue weighted by Crippen LogP contribution is 2.65. The number of aliphatic hydroxyl groups excluding tert-OH is 1. The summed E-state index contributed by atoms with van der Waals surface area (Å²) in [5, 5.41) is 9.12. The summed E-state index contributed by atoms with van der Waals surface area (Å²) in [6.07, 6.45) is 1.18. The van der Waals surface area contributed by atoms with Gasteiger partial charge in [-0.05, 0) is 29.7 Å². The van der Waals surface area contributed by atoms with E-state index in [-0.39, 0.29) is 0 Å². The van der Waals surface area contributed by atoms with Crippen LogP contribution in [0.5, 0.6) is 0 Å². The van der Waals surface area contributed by atoms with Crippen molar-refractivity contribution in [2.45, 2.75) is 40.2 Å². The first-order valence-electron chi connectivity index (χ1n) is 5.76. The molecule has 2 rings (SSSR count). The number of rotatable bonds is 2. The molecule has 0 radical (unpaired) electrons. The monoisotopic (exact) mass is 197 g/mol. The molecule has 1 heterocycles. The van der Waals surface area contributed by atoms with Crippen LogP contribution >= 0.6 is 0 Å². The molecule has 0 bridgehead atoms. The lowest BCUT2D eigenvalue weighted by molar-refractivity contribution is 0.210. The smallest absolute Gasteiger partial charge is 0.0471 e. The van der Waals surface area contributed by atoms with Crippen molar-refractivity contribution in [3.05, 3.63) is 0 Å². The number of hydrogen-bond acceptors (Lipinski definition) is 2. The van der Waals surface area contributed by atoms with Crippen molar-refractivity contribution in [1.82, 2.24) is 4.90 Å². The molecule has 1 N–H and O–H groups in total. The molecule has 0 aromatic heterocycles. The van der Waals surface area contributed by atoms with Crippen LogP contribution in [-0.4, -0.2) is 35.7 Å². The van der Waals surface area contributed by atoms with Gasteiger partial charge in [-0.25, -0.2) is 0 Å². The quantitative estimate of drug-likeness (QED) is 0.729. The van der Waals surface area contributed by atoms with Crippen molar-refractivity contribution in [2.75, 3.05) is 19.7 Å². The molecule has 0 amide bonds. The van der Waals surface area contributed by atoms with Gasteiger partial charge in [-0.3, -0.25) is 4.90 Å². The molecule has 2 fully saturated rings. The summed E-state index contributed by atoms with van der Waals surface area (Å²) in [5.74, 6) is 0.530. The third-order valence-corrected chi connectivity index (χ3v) is 4.89. The predicted molar refractivity (Wildman–Crippen MR) is 58.1 cm³/mol. The Balaban J connectivity index is 2.00. The van der Waals surface area contributed by atoms with Gasteiger partial charge in [0.1, 0.15) is 0 Å². The average molecular weight is 197 g/mol. The van der Waals surface area contributed by atoms with Crippen LogP contribution in [0.3, 0.4) is 0 Å². The lowest BCUT2D eigenvalue weighted by atomic mass is 10.0. The summed E-state index contributed by atoms with van der Waals surface area (Å²) in [5.41, 5.74) is 0.911. The first kappa shape index (κ1) is 10.4. The molecule has 14 heavy (non-hydrogen) atoms. The Morgan fingerprint density at radius 3 is 2.14 bits per heavy atom. The summed E-state index contributed by atoms with van der Waals surface area (Å²) >= 11 is 0. The minimum Gasteiger partial charge on any atom is -0.396 e. The van der Waals surface area contributed by atoms with E-state index in [4.69, 9.17) is 5.11 Å². The topological polar surface area (TPSA) is 23.5 Å². The van der Waals surface area contributed by atoms with Crippen LogP contribution in [0, 0.1) is 16.7 Å². The summed E-state index contributed by atoms with van der Waals surface area (Å²) in [6, 6.07) is 0.728. The van der Waals surface area contributed by atoms with Gasteiger partial charge in [0.15, 0.2) is 0 Å². The van der Waals surface area contributed by atoms with Crippen LogP contribution in [0.25, 0.3) is 0 Å². The zero-order valence-electron chi connectivity index (χ0n) is 9.88. The highest BCUT2D eigenvalue weighted by molar-refractivity contribution is 5.19. The van der Waals surface area contributed by atoms with Crippen LogP contribution in [0.15, 0.2) is 0 Å². The third kappa shape index (κ3) is 1.24. The van der Waals surface area contributed by atoms with Crippen LogP contribution in [-0.2, 0) is 0 Å². The van der Waals surface area contributed by atoms with Crippen LogP contribution < -0.4 is 0 Å². The van der Waals surface area contributed by atoms with Gasteiger partial charge in [-0.2, -0.15) is 0 Å². The summed E-state index contributed by atoms with van der Waals surface area (Å²) in [7, 11) is 0. The lowest BCUT2D eigenvalue weighted by Gasteiger charge is -2.18. The van der Waals surface area contributed by atoms with Gasteiger partial charge in [0.05, 0.1) is 0 Å². The van der Waals surface area contributed by atoms with E-state index in [1.54, 1.807) is 0 Å². The number of likely N-dealkylation sites (tertiary alicyclic amines) is 1. The molecule has 0 spiro atoms. The van der Waals surface area contributed by atoms with Crippen molar-refractivity contribution >= 4 is 0 Å². The minimum atomic E-state index is 0.365. The van der Waals surface area contributed by atoms with Gasteiger partial charge in [-0.1, -0.05) is 27.7 Å². The Labute approximate surface area is 87.3 Å². The third-order valence-electron chi connectivity index (χ3n) is 4.89. The molecular formula is C12H23NO. The molecule has 1 unspecified atom stereocenters. The SMILES string of the molecule is CC1(C)C(N2CCC(CO)C2)C1(C)C. The molecule has 1 saturated carbocycles. The molecule has 0 aromatic carbocycles. The van der Waals surface area contributed by atoms with Gasteiger partial charge >= 0.3 is 0 Å². The van der Waals surface area contributed by atoms with Crippen molar-refractivity contribution < 1.29 is 5.11 Å². The van der Waals surface area contributed by atoms with Gasteiger partial charge in [0.2, 0.25) is 0 Å². The molecule has 82 valence electrons. The van der Waals surface area contributed by atoms with Crippen molar-refractivity contribution in [2.24, 2.45) is 16.7 Å². The molecule has 0 aromatic rings. The normalized spacial score (nSPS) is 36.2. The van der Waals surface area contributed by atoms with Gasteiger partial charge in [0, 0.05) is 19.2 Å². The largest absolute Gasteiger partial charge is 0.396 e. The van der Waals surface area contributed by atoms with E-state index in [1.165, 1.54) is 13.0 Å². The molecule has 2 aliphatic rings. The summed E-state index contributed by atoms with van der Waals surface area (Å²) in [6.45, 7) is 12.1. The summed E-state index contributed by atoms with van der Waals surface area (Å²) in [4.78, 5) is 2.58. The Kier molecular flexibility index (Phi) is 2.20. The molecule has 2 heteroatoms. The second-order valence-corrected chi connectivity index (χ2v) is 6.18. The molecule has 1 saturated heterocycles. The maximum atomic E-state index is 9.12. The zero-order valence-corrected chi connectivity index (χ0v) is 9.88. The van der Waals surface area contributed by atoms with E-state index in [2.05, 4.69) is 32.6 Å². The van der Waals surface area contributed by atoms with Crippen LogP contribution in [0.4, 0.5) is 0 Å². The Morgan fingerprint density at radius 1 is 1.21 bits per heavy atom. The highest BCUT2D eigenvalue weighted by Gasteiger charge is 2.67. The number of nitrogens with zero attached hydrogens (tertiary/aromatic N) is 1. The van der Waals surface area contributed by atoms with E-state index in [1.807, 2.05) is 0 Å². The fourth-order valence-corrected chi connectivity index (χ4v) is 3.32. The Hall–Kier alpha value is -0.0800. The fraction of sp³-hybridized carbons (Fsp3) is 1.00. The van der Waals surface area contributed by atoms with Crippen LogP contribution in [0.1, 0.15) is 34.1 Å². The zero-order chi connectivity index (χ0) is 10.6. The predicted octanol–water partition coefficient (Wildman–Crippen LogP) is 1.74. The van der Waals surface area contributed by atoms with Crippen LogP contribution in [0.2, 0.25) is 0 Å². The standard InChI is InChI=1S/C12H23NO/c1-11(2)10(12(11,3)4)13-6-5-9(7-13)8-14/h9-10,14H,5-8H2,1-4H3. The van der Waals surface area contributed by atoms with E-state index in [0.717, 1.165) is 12.6 Å². The van der Waals surface area contributed by atoms with Gasteiger partial charge < -0.3 is 5.11 Å². The first-order chi connectivity index (χ1) is 6.41. The Morgan fingerprint density at radius 2 is 1.79 bits per heavy atom. The second kappa shape index (κ2) is 2.96. The van der Waals surface area contributed by atoms with Gasteiger partial charge in [-0.15, -0.1) is 0 Å². The first-order valence-corrected chi connectivity index (χ1v) is 5.76. The van der Waals surface area contributed by atoms with Crippen molar-refractivity contribution in [3.8, 4) is 0 Å². The summed E-state index contributed by atoms with van der Waals surface area (Å²) < 4.78 is 0. The maximum absolute atomic E-state index is 9.12. The van der Waals surface area contributed by atoms with Crippen molar-refractivity contribution in [3.63, 3.8) is 0 Å². The van der Waals surface area contributed by atoms with E-state index in [9.17, 15) is 0 Å². The van der Waals surface area contributed by atoms with Crippen molar-refractivity contribution in [1.29, 1.82) is 0 Å². The molecule has 2 nitrogen and oxygen atoms in total. The number of aliphatic hydroxyl groups is 1. The Bertz CT molecular complexity index is 220. The fourth-order valence-electron chi connectivity index (χ4n) is 3.32. The highest BCUT2D eigenvalue weighted by atomic mass is 16.3. The second-order valence-electron chi connectivity index (χ2n) is 6.18. The molecule has 1 aliphatic carbocycles. The van der Waals surface area contributed by atoms with Gasteiger partial charge in [0.25, 0.3) is 0 Å².